The first-order valence-electron chi connectivity index (χ1n) is 4.59. The number of nitrogens with zero attached hydrogens (tertiary/aromatic N) is 1. The van der Waals surface area contributed by atoms with Crippen LogP contribution in [0, 0.1) is 6.92 Å². The molecule has 0 aliphatic carbocycles. The van der Waals surface area contributed by atoms with Crippen molar-refractivity contribution in [2.45, 2.75) is 18.9 Å². The van der Waals surface area contributed by atoms with E-state index in [2.05, 4.69) is 10.3 Å². The summed E-state index contributed by atoms with van der Waals surface area (Å²) in [7, 11) is 0. The lowest BCUT2D eigenvalue weighted by Gasteiger charge is -2.14. The summed E-state index contributed by atoms with van der Waals surface area (Å²) in [6, 6.07) is 3.97. The summed E-state index contributed by atoms with van der Waals surface area (Å²) in [5, 5.41) is 12.8. The molecule has 0 spiro atoms. The minimum absolute atomic E-state index is 0.216. The molecule has 2 atom stereocenters. The SMILES string of the molecule is Cc1ncccc1C1CNCC1O. The fourth-order valence-electron chi connectivity index (χ4n) is 1.87. The Bertz CT molecular complexity index is 301. The average molecular weight is 178 g/mol. The zero-order chi connectivity index (χ0) is 9.26. The fraction of sp³-hybridized carbons (Fsp3) is 0.500. The predicted octanol–water partition coefficient (Wildman–Crippen LogP) is 0.438. The lowest BCUT2D eigenvalue weighted by molar-refractivity contribution is 0.177. The molecule has 0 bridgehead atoms. The molecule has 1 saturated heterocycles. The maximum absolute atomic E-state index is 9.68. The third-order valence-electron chi connectivity index (χ3n) is 2.63. The molecule has 2 heterocycles. The number of nitrogens with one attached hydrogen (secondary N) is 1. The van der Waals surface area contributed by atoms with Crippen LogP contribution >= 0.6 is 0 Å². The lowest BCUT2D eigenvalue weighted by atomic mass is 9.95. The van der Waals surface area contributed by atoms with Gasteiger partial charge in [-0.3, -0.25) is 4.98 Å². The minimum Gasteiger partial charge on any atom is -0.391 e. The number of hydrogen-bond acceptors (Lipinski definition) is 3. The van der Waals surface area contributed by atoms with Crippen molar-refractivity contribution in [1.29, 1.82) is 0 Å². The number of rotatable bonds is 1. The van der Waals surface area contributed by atoms with E-state index in [9.17, 15) is 5.11 Å². The van der Waals surface area contributed by atoms with Gasteiger partial charge in [-0.25, -0.2) is 0 Å². The van der Waals surface area contributed by atoms with Gasteiger partial charge in [0.1, 0.15) is 0 Å². The van der Waals surface area contributed by atoms with Gasteiger partial charge in [-0.1, -0.05) is 6.07 Å². The van der Waals surface area contributed by atoms with Crippen LogP contribution in [0.25, 0.3) is 0 Å². The number of aliphatic hydroxyl groups is 1. The number of hydrogen-bond donors (Lipinski definition) is 2. The van der Waals surface area contributed by atoms with E-state index >= 15 is 0 Å². The lowest BCUT2D eigenvalue weighted by Crippen LogP contribution is -2.17. The van der Waals surface area contributed by atoms with Crippen LogP contribution in [0.15, 0.2) is 18.3 Å². The van der Waals surface area contributed by atoms with Gasteiger partial charge < -0.3 is 10.4 Å². The Labute approximate surface area is 77.8 Å². The summed E-state index contributed by atoms with van der Waals surface area (Å²) in [4.78, 5) is 4.22. The van der Waals surface area contributed by atoms with Gasteiger partial charge in [-0.2, -0.15) is 0 Å². The molecule has 1 aromatic rings. The standard InChI is InChI=1S/C10H14N2O/c1-7-8(3-2-4-12-7)9-5-11-6-10(9)13/h2-4,9-11,13H,5-6H2,1H3. The third kappa shape index (κ3) is 1.57. The topological polar surface area (TPSA) is 45.2 Å². The molecule has 1 fully saturated rings. The first-order valence-corrected chi connectivity index (χ1v) is 4.59. The Hall–Kier alpha value is -0.930. The van der Waals surface area contributed by atoms with Gasteiger partial charge in [0.25, 0.3) is 0 Å². The number of aliphatic hydroxyl groups excluding tert-OH is 1. The molecule has 0 radical (unpaired) electrons. The van der Waals surface area contributed by atoms with Gasteiger partial charge in [0.2, 0.25) is 0 Å². The summed E-state index contributed by atoms with van der Waals surface area (Å²) < 4.78 is 0. The van der Waals surface area contributed by atoms with Gasteiger partial charge in [0.05, 0.1) is 6.10 Å². The van der Waals surface area contributed by atoms with Crippen LogP contribution < -0.4 is 5.32 Å². The van der Waals surface area contributed by atoms with Gasteiger partial charge in [-0.05, 0) is 18.6 Å². The Balaban J connectivity index is 2.29. The van der Waals surface area contributed by atoms with E-state index in [-0.39, 0.29) is 12.0 Å². The van der Waals surface area contributed by atoms with Crippen molar-refractivity contribution in [3.05, 3.63) is 29.6 Å². The van der Waals surface area contributed by atoms with E-state index in [0.29, 0.717) is 6.54 Å². The monoisotopic (exact) mass is 178 g/mol. The van der Waals surface area contributed by atoms with Gasteiger partial charge >= 0.3 is 0 Å². The van der Waals surface area contributed by atoms with Crippen LogP contribution in [-0.2, 0) is 0 Å². The van der Waals surface area contributed by atoms with E-state index < -0.39 is 0 Å². The molecule has 3 nitrogen and oxygen atoms in total. The summed E-state index contributed by atoms with van der Waals surface area (Å²) in [6.45, 7) is 3.53. The van der Waals surface area contributed by atoms with Crippen LogP contribution in [0.4, 0.5) is 0 Å². The summed E-state index contributed by atoms with van der Waals surface area (Å²) in [6.07, 6.45) is 1.52. The van der Waals surface area contributed by atoms with Crippen molar-refractivity contribution in [2.75, 3.05) is 13.1 Å². The Morgan fingerprint density at radius 2 is 2.38 bits per heavy atom. The van der Waals surface area contributed by atoms with Crippen LogP contribution in [0.5, 0.6) is 0 Å². The molecule has 3 heteroatoms. The van der Waals surface area contributed by atoms with Crippen LogP contribution in [0.1, 0.15) is 17.2 Å². The second-order valence-electron chi connectivity index (χ2n) is 3.51. The molecule has 13 heavy (non-hydrogen) atoms. The summed E-state index contributed by atoms with van der Waals surface area (Å²) >= 11 is 0. The van der Waals surface area contributed by atoms with Crippen molar-refractivity contribution in [1.82, 2.24) is 10.3 Å². The van der Waals surface area contributed by atoms with Crippen molar-refractivity contribution in [2.24, 2.45) is 0 Å². The molecule has 2 unspecified atom stereocenters. The second kappa shape index (κ2) is 3.44. The van der Waals surface area contributed by atoms with Crippen LogP contribution in [0.2, 0.25) is 0 Å². The van der Waals surface area contributed by atoms with Gasteiger partial charge in [0.15, 0.2) is 0 Å². The predicted molar refractivity (Wildman–Crippen MR) is 50.6 cm³/mol. The van der Waals surface area contributed by atoms with Crippen molar-refractivity contribution < 1.29 is 5.11 Å². The molecule has 1 aromatic heterocycles. The van der Waals surface area contributed by atoms with E-state index in [0.717, 1.165) is 12.2 Å². The largest absolute Gasteiger partial charge is 0.391 e. The zero-order valence-electron chi connectivity index (χ0n) is 7.70. The smallest absolute Gasteiger partial charge is 0.0745 e. The fourth-order valence-corrected chi connectivity index (χ4v) is 1.87. The van der Waals surface area contributed by atoms with Crippen molar-refractivity contribution in [3.63, 3.8) is 0 Å². The quantitative estimate of drug-likeness (QED) is 0.656. The van der Waals surface area contributed by atoms with Crippen LogP contribution in [-0.4, -0.2) is 29.3 Å². The summed E-state index contributed by atoms with van der Waals surface area (Å²) in [5.41, 5.74) is 2.19. The normalized spacial score (nSPS) is 27.8. The Morgan fingerprint density at radius 3 is 3.00 bits per heavy atom. The molecular weight excluding hydrogens is 164 g/mol. The molecule has 0 aromatic carbocycles. The third-order valence-corrected chi connectivity index (χ3v) is 2.63. The first-order chi connectivity index (χ1) is 6.29. The molecule has 0 amide bonds. The molecule has 1 aliphatic heterocycles. The minimum atomic E-state index is -0.261. The summed E-state index contributed by atoms with van der Waals surface area (Å²) in [5.74, 6) is 0.216. The maximum atomic E-state index is 9.68. The molecule has 2 rings (SSSR count). The highest BCUT2D eigenvalue weighted by Crippen LogP contribution is 2.24. The van der Waals surface area contributed by atoms with E-state index in [1.165, 1.54) is 5.56 Å². The van der Waals surface area contributed by atoms with E-state index in [1.807, 2.05) is 19.1 Å². The van der Waals surface area contributed by atoms with E-state index in [1.54, 1.807) is 6.20 Å². The van der Waals surface area contributed by atoms with Gasteiger partial charge in [-0.15, -0.1) is 0 Å². The maximum Gasteiger partial charge on any atom is 0.0745 e. The Morgan fingerprint density at radius 1 is 1.54 bits per heavy atom. The van der Waals surface area contributed by atoms with Crippen LogP contribution in [0.3, 0.4) is 0 Å². The molecule has 70 valence electrons. The van der Waals surface area contributed by atoms with Gasteiger partial charge in [0, 0.05) is 30.9 Å². The molecule has 2 N–H and O–H groups in total. The number of pyridine rings is 1. The highest BCUT2D eigenvalue weighted by Gasteiger charge is 2.27. The zero-order valence-corrected chi connectivity index (χ0v) is 7.70. The Kier molecular flexibility index (Phi) is 2.29. The molecular formula is C10H14N2O. The number of aryl methyl sites for hydroxylation is 1. The van der Waals surface area contributed by atoms with Crippen molar-refractivity contribution >= 4 is 0 Å². The molecule has 0 saturated carbocycles. The number of β-amino-alcohol motifs (C(OH)–C–C–N with tert-alkyl or cyclic N) is 1. The van der Waals surface area contributed by atoms with E-state index in [4.69, 9.17) is 0 Å². The molecule has 1 aliphatic rings. The first kappa shape index (κ1) is 8.66. The highest BCUT2D eigenvalue weighted by atomic mass is 16.3. The number of aromatic nitrogens is 1. The van der Waals surface area contributed by atoms with Crippen molar-refractivity contribution in [3.8, 4) is 0 Å². The second-order valence-corrected chi connectivity index (χ2v) is 3.51. The average Bonchev–Trinajstić information content (AvgIpc) is 2.52. The highest BCUT2D eigenvalue weighted by molar-refractivity contribution is 5.25.